The molecule has 0 spiro atoms. The number of anilines is 1. The molecule has 7 heteroatoms. The first-order valence-corrected chi connectivity index (χ1v) is 9.05. The van der Waals surface area contributed by atoms with Crippen molar-refractivity contribution in [3.8, 4) is 5.75 Å². The van der Waals surface area contributed by atoms with Crippen molar-refractivity contribution in [1.29, 1.82) is 0 Å². The molecule has 0 aliphatic carbocycles. The van der Waals surface area contributed by atoms with Crippen LogP contribution in [-0.2, 0) is 9.53 Å². The summed E-state index contributed by atoms with van der Waals surface area (Å²) < 4.78 is 24.9. The van der Waals surface area contributed by atoms with Crippen LogP contribution >= 0.6 is 11.3 Å². The Balaban J connectivity index is 1.71. The van der Waals surface area contributed by atoms with Crippen molar-refractivity contribution in [3.05, 3.63) is 58.7 Å². The van der Waals surface area contributed by atoms with Gasteiger partial charge in [-0.15, -0.1) is 11.3 Å². The molecule has 1 atom stereocenters. The summed E-state index contributed by atoms with van der Waals surface area (Å²) in [5, 5.41) is 3.05. The van der Waals surface area contributed by atoms with Gasteiger partial charge in [-0.05, 0) is 49.7 Å². The number of hydrogen-bond acceptors (Lipinski definition) is 5. The van der Waals surface area contributed by atoms with Crippen molar-refractivity contribution in [2.45, 2.75) is 20.0 Å². The second-order valence-electron chi connectivity index (χ2n) is 6.00. The van der Waals surface area contributed by atoms with E-state index in [1.807, 2.05) is 13.0 Å². The Labute approximate surface area is 159 Å². The van der Waals surface area contributed by atoms with Gasteiger partial charge in [-0.1, -0.05) is 12.1 Å². The molecule has 1 amide bonds. The normalized spacial score (nSPS) is 11.9. The van der Waals surface area contributed by atoms with Gasteiger partial charge >= 0.3 is 5.97 Å². The number of halogens is 1. The van der Waals surface area contributed by atoms with Crippen LogP contribution in [0, 0.1) is 12.7 Å². The minimum atomic E-state index is -1.03. The second-order valence-corrected chi connectivity index (χ2v) is 7.09. The van der Waals surface area contributed by atoms with Crippen LogP contribution in [0.5, 0.6) is 5.75 Å². The Morgan fingerprint density at radius 3 is 2.67 bits per heavy atom. The number of benzene rings is 2. The highest BCUT2D eigenvalue weighted by Gasteiger charge is 2.22. The molecular formula is C20H18FNO4S. The summed E-state index contributed by atoms with van der Waals surface area (Å²) in [4.78, 5) is 25.0. The predicted octanol–water partition coefficient (Wildman–Crippen LogP) is 4.54. The molecule has 0 unspecified atom stereocenters. The zero-order valence-corrected chi connectivity index (χ0v) is 15.9. The highest BCUT2D eigenvalue weighted by Crippen LogP contribution is 2.29. The van der Waals surface area contributed by atoms with Crippen LogP contribution in [0.2, 0.25) is 0 Å². The third-order valence-corrected chi connectivity index (χ3v) is 5.06. The van der Waals surface area contributed by atoms with Crippen LogP contribution < -0.4 is 10.1 Å². The van der Waals surface area contributed by atoms with Crippen molar-refractivity contribution < 1.29 is 23.5 Å². The molecule has 27 heavy (non-hydrogen) atoms. The number of thiophene rings is 1. The zero-order chi connectivity index (χ0) is 19.6. The van der Waals surface area contributed by atoms with Crippen molar-refractivity contribution >= 4 is 39.0 Å². The standard InChI is InChI=1S/C20H18FNO4S/c1-11-7-8-16(25-3)15(9-11)22-19(23)12(2)26-20(24)18-10-13-14(21)5-4-6-17(13)27-18/h4-10,12H,1-3H3,(H,22,23)/t12-/m1/s1. The van der Waals surface area contributed by atoms with Crippen LogP contribution in [0.15, 0.2) is 42.5 Å². The van der Waals surface area contributed by atoms with E-state index in [1.165, 1.54) is 26.2 Å². The molecule has 5 nitrogen and oxygen atoms in total. The fraction of sp³-hybridized carbons (Fsp3) is 0.200. The van der Waals surface area contributed by atoms with Gasteiger partial charge in [-0.2, -0.15) is 0 Å². The van der Waals surface area contributed by atoms with Crippen LogP contribution in [0.25, 0.3) is 10.1 Å². The fourth-order valence-corrected chi connectivity index (χ4v) is 3.51. The third-order valence-electron chi connectivity index (χ3n) is 3.98. The summed E-state index contributed by atoms with van der Waals surface area (Å²) in [7, 11) is 1.50. The first-order chi connectivity index (χ1) is 12.9. The lowest BCUT2D eigenvalue weighted by atomic mass is 10.2. The summed E-state index contributed by atoms with van der Waals surface area (Å²) in [6.07, 6.45) is -1.03. The van der Waals surface area contributed by atoms with Crippen molar-refractivity contribution in [1.82, 2.24) is 0 Å². The van der Waals surface area contributed by atoms with Crippen LogP contribution in [0.4, 0.5) is 10.1 Å². The molecule has 1 aromatic heterocycles. The fourth-order valence-electron chi connectivity index (χ4n) is 2.55. The number of methoxy groups -OCH3 is 1. The molecule has 3 aromatic rings. The first-order valence-electron chi connectivity index (χ1n) is 8.23. The van der Waals surface area contributed by atoms with Crippen molar-refractivity contribution in [2.24, 2.45) is 0 Å². The summed E-state index contributed by atoms with van der Waals surface area (Å²) in [5.41, 5.74) is 1.44. The minimum absolute atomic E-state index is 0.239. The van der Waals surface area contributed by atoms with Crippen LogP contribution in [0.3, 0.4) is 0 Å². The van der Waals surface area contributed by atoms with Gasteiger partial charge in [0.25, 0.3) is 5.91 Å². The Hall–Kier alpha value is -2.93. The van der Waals surface area contributed by atoms with Gasteiger partial charge in [0.15, 0.2) is 6.10 Å². The zero-order valence-electron chi connectivity index (χ0n) is 15.0. The Morgan fingerprint density at radius 2 is 1.96 bits per heavy atom. The highest BCUT2D eigenvalue weighted by atomic mass is 32.1. The van der Waals surface area contributed by atoms with E-state index in [-0.39, 0.29) is 4.88 Å². The summed E-state index contributed by atoms with van der Waals surface area (Å²) in [6.45, 7) is 3.36. The number of carbonyl (C=O) groups excluding carboxylic acids is 2. The number of carbonyl (C=O) groups is 2. The monoisotopic (exact) mass is 387 g/mol. The maximum absolute atomic E-state index is 13.8. The van der Waals surface area contributed by atoms with Crippen LogP contribution in [-0.4, -0.2) is 25.1 Å². The number of ether oxygens (including phenoxy) is 2. The van der Waals surface area contributed by atoms with Gasteiger partial charge in [0, 0.05) is 10.1 Å². The molecule has 0 fully saturated rings. The smallest absolute Gasteiger partial charge is 0.349 e. The summed E-state index contributed by atoms with van der Waals surface area (Å²) >= 11 is 1.12. The summed E-state index contributed by atoms with van der Waals surface area (Å²) in [6, 6.07) is 11.4. The molecule has 0 saturated carbocycles. The number of fused-ring (bicyclic) bond motifs is 1. The lowest BCUT2D eigenvalue weighted by molar-refractivity contribution is -0.123. The molecular weight excluding hydrogens is 369 g/mol. The average Bonchev–Trinajstić information content (AvgIpc) is 3.08. The van der Waals surface area contributed by atoms with E-state index >= 15 is 0 Å². The predicted molar refractivity (Wildman–Crippen MR) is 103 cm³/mol. The number of amides is 1. The van der Waals surface area contributed by atoms with Gasteiger partial charge in [-0.3, -0.25) is 4.79 Å². The maximum atomic E-state index is 13.8. The Bertz CT molecular complexity index is 1010. The van der Waals surface area contributed by atoms with E-state index in [1.54, 1.807) is 24.3 Å². The first kappa shape index (κ1) is 18.8. The molecule has 1 heterocycles. The van der Waals surface area contributed by atoms with Gasteiger partial charge in [0.2, 0.25) is 0 Å². The lowest BCUT2D eigenvalue weighted by Gasteiger charge is -2.15. The number of rotatable bonds is 5. The lowest BCUT2D eigenvalue weighted by Crippen LogP contribution is -2.30. The maximum Gasteiger partial charge on any atom is 0.349 e. The Kier molecular flexibility index (Phi) is 5.41. The summed E-state index contributed by atoms with van der Waals surface area (Å²) in [5.74, 6) is -1.05. The van der Waals surface area contributed by atoms with Crippen molar-refractivity contribution in [3.63, 3.8) is 0 Å². The number of hydrogen-bond donors (Lipinski definition) is 1. The molecule has 3 rings (SSSR count). The SMILES string of the molecule is COc1ccc(C)cc1NC(=O)[C@@H](C)OC(=O)c1cc2c(F)cccc2s1. The number of esters is 1. The van der Waals surface area contributed by atoms with E-state index in [0.29, 0.717) is 21.5 Å². The molecule has 0 bridgehead atoms. The van der Waals surface area contributed by atoms with Gasteiger partial charge in [-0.25, -0.2) is 9.18 Å². The minimum Gasteiger partial charge on any atom is -0.495 e. The highest BCUT2D eigenvalue weighted by molar-refractivity contribution is 7.20. The molecule has 1 N–H and O–H groups in total. The van der Waals surface area contributed by atoms with Crippen LogP contribution in [0.1, 0.15) is 22.2 Å². The van der Waals surface area contributed by atoms with E-state index in [0.717, 1.165) is 16.9 Å². The van der Waals surface area contributed by atoms with E-state index in [4.69, 9.17) is 9.47 Å². The molecule has 0 saturated heterocycles. The average molecular weight is 387 g/mol. The molecule has 140 valence electrons. The Morgan fingerprint density at radius 1 is 1.19 bits per heavy atom. The van der Waals surface area contributed by atoms with E-state index in [2.05, 4.69) is 5.32 Å². The molecule has 0 aliphatic rings. The van der Waals surface area contributed by atoms with E-state index < -0.39 is 23.8 Å². The van der Waals surface area contributed by atoms with Gasteiger partial charge in [0.1, 0.15) is 16.4 Å². The largest absolute Gasteiger partial charge is 0.495 e. The van der Waals surface area contributed by atoms with E-state index in [9.17, 15) is 14.0 Å². The van der Waals surface area contributed by atoms with Gasteiger partial charge in [0.05, 0.1) is 12.8 Å². The number of nitrogens with one attached hydrogen (secondary N) is 1. The molecule has 0 aliphatic heterocycles. The quantitative estimate of drug-likeness (QED) is 0.653. The molecule has 0 radical (unpaired) electrons. The third kappa shape index (κ3) is 4.09. The topological polar surface area (TPSA) is 64.6 Å². The second kappa shape index (κ2) is 7.75. The van der Waals surface area contributed by atoms with Gasteiger partial charge < -0.3 is 14.8 Å². The number of aryl methyl sites for hydroxylation is 1. The molecule has 2 aromatic carbocycles. The van der Waals surface area contributed by atoms with Crippen molar-refractivity contribution in [2.75, 3.05) is 12.4 Å².